The highest BCUT2D eigenvalue weighted by Crippen LogP contribution is 2.09. The highest BCUT2D eigenvalue weighted by atomic mass is 16.5. The van der Waals surface area contributed by atoms with Gasteiger partial charge in [-0.3, -0.25) is 0 Å². The molecular weight excluding hydrogens is 152 g/mol. The highest BCUT2D eigenvalue weighted by molar-refractivity contribution is 4.60. The van der Waals surface area contributed by atoms with Crippen LogP contribution in [0.1, 0.15) is 40.5 Å². The summed E-state index contributed by atoms with van der Waals surface area (Å²) in [4.78, 5) is 0. The van der Waals surface area contributed by atoms with Crippen molar-refractivity contribution in [1.29, 1.82) is 0 Å². The largest absolute Gasteiger partial charge is 0.381 e. The maximum Gasteiger partial charge on any atom is 0.0598 e. The number of methoxy groups -OCH3 is 1. The Hall–Kier alpha value is -0.0800. The van der Waals surface area contributed by atoms with Crippen LogP contribution in [0.2, 0.25) is 0 Å². The van der Waals surface area contributed by atoms with Gasteiger partial charge in [0.1, 0.15) is 0 Å². The standard InChI is InChI=1S/C10H22O2/c1-6-9(11-5)7-8-12-10(2,3)4/h9H,6-8H2,1-5H3. The van der Waals surface area contributed by atoms with Crippen molar-refractivity contribution >= 4 is 0 Å². The van der Waals surface area contributed by atoms with E-state index in [9.17, 15) is 0 Å². The van der Waals surface area contributed by atoms with Crippen molar-refractivity contribution in [2.75, 3.05) is 13.7 Å². The molecule has 12 heavy (non-hydrogen) atoms. The van der Waals surface area contributed by atoms with Gasteiger partial charge in [-0.1, -0.05) is 6.92 Å². The Morgan fingerprint density at radius 2 is 1.83 bits per heavy atom. The molecule has 0 aliphatic carbocycles. The minimum atomic E-state index is -0.0218. The van der Waals surface area contributed by atoms with E-state index in [4.69, 9.17) is 9.47 Å². The Kier molecular flexibility index (Phi) is 5.51. The van der Waals surface area contributed by atoms with E-state index in [1.165, 1.54) is 0 Å². The maximum absolute atomic E-state index is 5.58. The van der Waals surface area contributed by atoms with Crippen LogP contribution in [0, 0.1) is 0 Å². The summed E-state index contributed by atoms with van der Waals surface area (Å²) in [5.74, 6) is 0. The van der Waals surface area contributed by atoms with Gasteiger partial charge < -0.3 is 9.47 Å². The second-order valence-corrected chi connectivity index (χ2v) is 4.02. The first-order chi connectivity index (χ1) is 5.49. The average molecular weight is 174 g/mol. The molecule has 0 N–H and O–H groups in total. The minimum Gasteiger partial charge on any atom is -0.381 e. The van der Waals surface area contributed by atoms with Gasteiger partial charge in [0.25, 0.3) is 0 Å². The van der Waals surface area contributed by atoms with E-state index in [-0.39, 0.29) is 5.60 Å². The Morgan fingerprint density at radius 1 is 1.25 bits per heavy atom. The minimum absolute atomic E-state index is 0.0218. The lowest BCUT2D eigenvalue weighted by Crippen LogP contribution is -2.22. The fraction of sp³-hybridized carbons (Fsp3) is 1.00. The third-order valence-corrected chi connectivity index (χ3v) is 1.76. The lowest BCUT2D eigenvalue weighted by molar-refractivity contribution is -0.0250. The van der Waals surface area contributed by atoms with Gasteiger partial charge in [0, 0.05) is 13.7 Å². The Balaban J connectivity index is 3.41. The first-order valence-electron chi connectivity index (χ1n) is 4.66. The summed E-state index contributed by atoms with van der Waals surface area (Å²) in [7, 11) is 1.76. The molecule has 1 unspecified atom stereocenters. The first-order valence-corrected chi connectivity index (χ1v) is 4.66. The van der Waals surface area contributed by atoms with E-state index >= 15 is 0 Å². The molecule has 0 bridgehead atoms. The quantitative estimate of drug-likeness (QED) is 0.638. The predicted molar refractivity (Wildman–Crippen MR) is 51.4 cm³/mol. The monoisotopic (exact) mass is 174 g/mol. The molecule has 2 heteroatoms. The Morgan fingerprint density at radius 3 is 2.17 bits per heavy atom. The molecule has 0 amide bonds. The molecular formula is C10H22O2. The van der Waals surface area contributed by atoms with Gasteiger partial charge in [-0.25, -0.2) is 0 Å². The summed E-state index contributed by atoms with van der Waals surface area (Å²) >= 11 is 0. The van der Waals surface area contributed by atoms with Gasteiger partial charge in [0.05, 0.1) is 11.7 Å². The molecule has 0 saturated heterocycles. The van der Waals surface area contributed by atoms with Crippen molar-refractivity contribution in [1.82, 2.24) is 0 Å². The SMILES string of the molecule is CCC(CCOC(C)(C)C)OC. The van der Waals surface area contributed by atoms with Gasteiger partial charge in [0.2, 0.25) is 0 Å². The molecule has 0 rings (SSSR count). The lowest BCUT2D eigenvalue weighted by atomic mass is 10.2. The molecule has 0 aromatic rings. The van der Waals surface area contributed by atoms with Crippen molar-refractivity contribution < 1.29 is 9.47 Å². The van der Waals surface area contributed by atoms with Crippen LogP contribution < -0.4 is 0 Å². The molecule has 0 aliphatic heterocycles. The van der Waals surface area contributed by atoms with Crippen molar-refractivity contribution in [3.8, 4) is 0 Å². The van der Waals surface area contributed by atoms with Crippen molar-refractivity contribution in [2.45, 2.75) is 52.2 Å². The van der Waals surface area contributed by atoms with Crippen LogP contribution in [0.5, 0.6) is 0 Å². The molecule has 2 nitrogen and oxygen atoms in total. The molecule has 1 atom stereocenters. The molecule has 0 aromatic heterocycles. The summed E-state index contributed by atoms with van der Waals surface area (Å²) in [6.07, 6.45) is 2.40. The second-order valence-electron chi connectivity index (χ2n) is 4.02. The maximum atomic E-state index is 5.58. The van der Waals surface area contributed by atoms with Crippen LogP contribution in [0.3, 0.4) is 0 Å². The molecule has 0 saturated carbocycles. The molecule has 74 valence electrons. The molecule has 0 radical (unpaired) electrons. The highest BCUT2D eigenvalue weighted by Gasteiger charge is 2.11. The smallest absolute Gasteiger partial charge is 0.0598 e. The van der Waals surface area contributed by atoms with E-state index in [2.05, 4.69) is 27.7 Å². The second kappa shape index (κ2) is 5.55. The van der Waals surface area contributed by atoms with Gasteiger partial charge in [-0.05, 0) is 33.6 Å². The summed E-state index contributed by atoms with van der Waals surface area (Å²) in [5.41, 5.74) is -0.0218. The summed E-state index contributed by atoms with van der Waals surface area (Å²) in [6, 6.07) is 0. The molecule has 0 heterocycles. The van der Waals surface area contributed by atoms with Gasteiger partial charge in [0.15, 0.2) is 0 Å². The number of hydrogen-bond donors (Lipinski definition) is 0. The van der Waals surface area contributed by atoms with Crippen LogP contribution in [0.15, 0.2) is 0 Å². The van der Waals surface area contributed by atoms with Crippen LogP contribution in [0.25, 0.3) is 0 Å². The lowest BCUT2D eigenvalue weighted by Gasteiger charge is -2.21. The van der Waals surface area contributed by atoms with E-state index in [1.807, 2.05) is 0 Å². The van der Waals surface area contributed by atoms with Gasteiger partial charge in [-0.2, -0.15) is 0 Å². The molecule has 0 fully saturated rings. The number of ether oxygens (including phenoxy) is 2. The number of hydrogen-bond acceptors (Lipinski definition) is 2. The molecule has 0 spiro atoms. The van der Waals surface area contributed by atoms with Crippen molar-refractivity contribution in [3.05, 3.63) is 0 Å². The summed E-state index contributed by atoms with van der Waals surface area (Å²) in [5, 5.41) is 0. The molecule has 0 aliphatic rings. The average Bonchev–Trinajstić information content (AvgIpc) is 1.96. The van der Waals surface area contributed by atoms with Crippen LogP contribution in [0.4, 0.5) is 0 Å². The van der Waals surface area contributed by atoms with Gasteiger partial charge in [-0.15, -0.1) is 0 Å². The Labute approximate surface area is 76.3 Å². The zero-order valence-corrected chi connectivity index (χ0v) is 9.02. The van der Waals surface area contributed by atoms with Crippen molar-refractivity contribution in [2.24, 2.45) is 0 Å². The topological polar surface area (TPSA) is 18.5 Å². The van der Waals surface area contributed by atoms with E-state index in [0.717, 1.165) is 19.4 Å². The third-order valence-electron chi connectivity index (χ3n) is 1.76. The zero-order valence-electron chi connectivity index (χ0n) is 9.02. The fourth-order valence-electron chi connectivity index (χ4n) is 0.985. The number of rotatable bonds is 5. The van der Waals surface area contributed by atoms with E-state index in [1.54, 1.807) is 7.11 Å². The first kappa shape index (κ1) is 11.9. The molecule has 0 aromatic carbocycles. The normalized spacial score (nSPS) is 14.8. The predicted octanol–water partition coefficient (Wildman–Crippen LogP) is 2.62. The third kappa shape index (κ3) is 6.62. The van der Waals surface area contributed by atoms with Gasteiger partial charge >= 0.3 is 0 Å². The van der Waals surface area contributed by atoms with E-state index in [0.29, 0.717) is 6.10 Å². The van der Waals surface area contributed by atoms with Crippen LogP contribution in [-0.2, 0) is 9.47 Å². The summed E-state index contributed by atoms with van der Waals surface area (Å²) < 4.78 is 10.8. The van der Waals surface area contributed by atoms with Crippen LogP contribution >= 0.6 is 0 Å². The Bertz CT molecular complexity index is 101. The fourth-order valence-corrected chi connectivity index (χ4v) is 0.985. The zero-order chi connectivity index (χ0) is 9.61. The summed E-state index contributed by atoms with van der Waals surface area (Å²) in [6.45, 7) is 9.13. The van der Waals surface area contributed by atoms with Crippen LogP contribution in [-0.4, -0.2) is 25.4 Å². The van der Waals surface area contributed by atoms with E-state index < -0.39 is 0 Å². The van der Waals surface area contributed by atoms with Crippen molar-refractivity contribution in [3.63, 3.8) is 0 Å².